The lowest BCUT2D eigenvalue weighted by atomic mass is 9.91. The number of likely N-dealkylation sites (N-methyl/N-ethyl adjacent to an activating group) is 1. The van der Waals surface area contributed by atoms with Gasteiger partial charge in [0.05, 0.1) is 24.4 Å². The highest BCUT2D eigenvalue weighted by Gasteiger charge is 2.41. The standard InChI is InChI=1S/C30H39Cl2N5O4/c1-30(40)18-37(19-30)29(39)34-25(15-21-7-8-22(31)16-24(21)32)28(38)36-13-9-20(10-14-36)27-26(6-3-11-33-27)41-23-5-4-12-35(2)17-23/h3,6-8,11,16,20,23,25,40H,4-5,9-10,12-15,17-19H2,1-2H3,(H,34,39)/t23-,25+/m0/s1. The van der Waals surface area contributed by atoms with Crippen LogP contribution >= 0.6 is 23.2 Å². The van der Waals surface area contributed by atoms with Gasteiger partial charge in [-0.2, -0.15) is 0 Å². The molecule has 0 aliphatic carbocycles. The average Bonchev–Trinajstić information content (AvgIpc) is 2.92. The van der Waals surface area contributed by atoms with Gasteiger partial charge in [-0.25, -0.2) is 4.79 Å². The van der Waals surface area contributed by atoms with Gasteiger partial charge >= 0.3 is 6.03 Å². The van der Waals surface area contributed by atoms with Crippen LogP contribution in [-0.4, -0.2) is 101 Å². The van der Waals surface area contributed by atoms with E-state index in [0.29, 0.717) is 23.1 Å². The number of carbonyl (C=O) groups excluding carboxylic acids is 2. The largest absolute Gasteiger partial charge is 0.487 e. The van der Waals surface area contributed by atoms with Crippen molar-refractivity contribution in [2.75, 3.05) is 46.3 Å². The summed E-state index contributed by atoms with van der Waals surface area (Å²) >= 11 is 12.5. The van der Waals surface area contributed by atoms with Crippen LogP contribution in [0, 0.1) is 0 Å². The van der Waals surface area contributed by atoms with Gasteiger partial charge in [0.1, 0.15) is 17.9 Å². The molecule has 0 unspecified atom stereocenters. The van der Waals surface area contributed by atoms with Gasteiger partial charge in [-0.15, -0.1) is 0 Å². The Labute approximate surface area is 251 Å². The quantitative estimate of drug-likeness (QED) is 0.497. The van der Waals surface area contributed by atoms with Crippen molar-refractivity contribution in [3.8, 4) is 5.75 Å². The fraction of sp³-hybridized carbons (Fsp3) is 0.567. The first-order chi connectivity index (χ1) is 19.6. The van der Waals surface area contributed by atoms with Crippen molar-refractivity contribution in [1.29, 1.82) is 0 Å². The van der Waals surface area contributed by atoms with E-state index in [2.05, 4.69) is 17.3 Å². The van der Waals surface area contributed by atoms with Crippen LogP contribution in [0.2, 0.25) is 10.0 Å². The number of benzene rings is 1. The monoisotopic (exact) mass is 603 g/mol. The summed E-state index contributed by atoms with van der Waals surface area (Å²) < 4.78 is 6.43. The van der Waals surface area contributed by atoms with Gasteiger partial charge in [-0.3, -0.25) is 9.78 Å². The van der Waals surface area contributed by atoms with E-state index in [-0.39, 0.29) is 43.5 Å². The lowest BCUT2D eigenvalue weighted by Gasteiger charge is -2.44. The van der Waals surface area contributed by atoms with Gasteiger partial charge in [0.2, 0.25) is 5.91 Å². The number of urea groups is 1. The third kappa shape index (κ3) is 7.44. The molecule has 3 amide bonds. The topological polar surface area (TPSA) is 98.2 Å². The fourth-order valence-corrected chi connectivity index (χ4v) is 6.55. The number of ether oxygens (including phenoxy) is 1. The number of piperidine rings is 2. The second kappa shape index (κ2) is 12.7. The minimum atomic E-state index is -0.904. The molecule has 0 spiro atoms. The number of carbonyl (C=O) groups is 2. The molecule has 3 fully saturated rings. The van der Waals surface area contributed by atoms with E-state index in [9.17, 15) is 14.7 Å². The molecule has 1 aromatic carbocycles. The second-order valence-corrected chi connectivity index (χ2v) is 12.8. The molecule has 3 aliphatic heterocycles. The summed E-state index contributed by atoms with van der Waals surface area (Å²) in [5.74, 6) is 0.863. The van der Waals surface area contributed by atoms with Gasteiger partial charge in [0.15, 0.2) is 0 Å². The van der Waals surface area contributed by atoms with E-state index in [1.807, 2.05) is 17.0 Å². The van der Waals surface area contributed by atoms with Crippen molar-refractivity contribution >= 4 is 35.1 Å². The molecule has 0 radical (unpaired) electrons. The Kier molecular flexibility index (Phi) is 9.28. The normalized spacial score (nSPS) is 22.1. The third-order valence-corrected chi connectivity index (χ3v) is 8.84. The molecule has 222 valence electrons. The number of aliphatic hydroxyl groups is 1. The first kappa shape index (κ1) is 29.9. The number of pyridine rings is 1. The summed E-state index contributed by atoms with van der Waals surface area (Å²) in [6.45, 7) is 5.22. The molecule has 0 saturated carbocycles. The maximum Gasteiger partial charge on any atom is 0.318 e. The van der Waals surface area contributed by atoms with E-state index < -0.39 is 11.6 Å². The van der Waals surface area contributed by atoms with Gasteiger partial charge in [0, 0.05) is 48.2 Å². The molecule has 9 nitrogen and oxygen atoms in total. The Bertz CT molecular complexity index is 1250. The van der Waals surface area contributed by atoms with E-state index in [1.54, 1.807) is 31.3 Å². The number of halogens is 2. The van der Waals surface area contributed by atoms with Gasteiger partial charge < -0.3 is 29.9 Å². The van der Waals surface area contributed by atoms with Crippen LogP contribution in [0.15, 0.2) is 36.5 Å². The summed E-state index contributed by atoms with van der Waals surface area (Å²) in [4.78, 5) is 37.1. The zero-order valence-corrected chi connectivity index (χ0v) is 25.2. The molecule has 4 heterocycles. The van der Waals surface area contributed by atoms with Crippen molar-refractivity contribution in [2.24, 2.45) is 0 Å². The fourth-order valence-electron chi connectivity index (χ4n) is 6.06. The smallest absolute Gasteiger partial charge is 0.318 e. The number of nitrogens with one attached hydrogen (secondary N) is 1. The molecular weight excluding hydrogens is 565 g/mol. The molecule has 3 saturated heterocycles. The maximum atomic E-state index is 13.8. The lowest BCUT2D eigenvalue weighted by Crippen LogP contribution is -2.65. The van der Waals surface area contributed by atoms with Crippen LogP contribution < -0.4 is 10.1 Å². The summed E-state index contributed by atoms with van der Waals surface area (Å²) in [7, 11) is 2.12. The van der Waals surface area contributed by atoms with Crippen LogP contribution in [0.3, 0.4) is 0 Å². The van der Waals surface area contributed by atoms with Crippen molar-refractivity contribution in [3.05, 3.63) is 57.8 Å². The van der Waals surface area contributed by atoms with Crippen LogP contribution in [0.25, 0.3) is 0 Å². The molecule has 1 aromatic heterocycles. The molecule has 2 aromatic rings. The predicted molar refractivity (Wildman–Crippen MR) is 159 cm³/mol. The number of β-amino-alcohol motifs (C(OH)–C–C–N with tert-alkyl or cyclic N) is 1. The molecule has 0 bridgehead atoms. The molecule has 3 aliphatic rings. The van der Waals surface area contributed by atoms with Crippen LogP contribution in [-0.2, 0) is 11.2 Å². The number of amides is 3. The number of rotatable bonds is 7. The average molecular weight is 605 g/mol. The van der Waals surface area contributed by atoms with Gasteiger partial charge in [-0.05, 0) is 76.0 Å². The van der Waals surface area contributed by atoms with Crippen LogP contribution in [0.1, 0.15) is 49.8 Å². The van der Waals surface area contributed by atoms with Crippen LogP contribution in [0.4, 0.5) is 4.79 Å². The van der Waals surface area contributed by atoms with Gasteiger partial charge in [-0.1, -0.05) is 29.3 Å². The van der Waals surface area contributed by atoms with Crippen molar-refractivity contribution in [1.82, 2.24) is 25.0 Å². The highest BCUT2D eigenvalue weighted by atomic mass is 35.5. The molecular formula is C30H39Cl2N5O4. The maximum absolute atomic E-state index is 13.8. The Morgan fingerprint density at radius 1 is 1.15 bits per heavy atom. The van der Waals surface area contributed by atoms with E-state index in [0.717, 1.165) is 55.8 Å². The Morgan fingerprint density at radius 2 is 1.90 bits per heavy atom. The van der Waals surface area contributed by atoms with E-state index in [4.69, 9.17) is 32.9 Å². The minimum absolute atomic E-state index is 0.150. The van der Waals surface area contributed by atoms with Crippen molar-refractivity contribution < 1.29 is 19.4 Å². The highest BCUT2D eigenvalue weighted by Crippen LogP contribution is 2.34. The zero-order chi connectivity index (χ0) is 29.1. The molecule has 11 heteroatoms. The molecule has 2 N–H and O–H groups in total. The second-order valence-electron chi connectivity index (χ2n) is 11.9. The predicted octanol–water partition coefficient (Wildman–Crippen LogP) is 3.95. The third-order valence-electron chi connectivity index (χ3n) is 8.25. The summed E-state index contributed by atoms with van der Waals surface area (Å²) in [6.07, 6.45) is 5.85. The lowest BCUT2D eigenvalue weighted by molar-refractivity contribution is -0.134. The molecule has 41 heavy (non-hydrogen) atoms. The number of aromatic nitrogens is 1. The highest BCUT2D eigenvalue weighted by molar-refractivity contribution is 6.35. The van der Waals surface area contributed by atoms with Gasteiger partial charge in [0.25, 0.3) is 0 Å². The Morgan fingerprint density at radius 3 is 2.59 bits per heavy atom. The number of nitrogens with zero attached hydrogens (tertiary/aromatic N) is 4. The number of likely N-dealkylation sites (tertiary alicyclic amines) is 3. The van der Waals surface area contributed by atoms with Crippen molar-refractivity contribution in [2.45, 2.75) is 62.7 Å². The molecule has 2 atom stereocenters. The van der Waals surface area contributed by atoms with Crippen molar-refractivity contribution in [3.63, 3.8) is 0 Å². The SMILES string of the molecule is CN1CCC[C@H](Oc2cccnc2C2CCN(C(=O)[C@@H](Cc3ccc(Cl)cc3Cl)NC(=O)N3CC(C)(O)C3)CC2)C1. The zero-order valence-electron chi connectivity index (χ0n) is 23.7. The summed E-state index contributed by atoms with van der Waals surface area (Å²) in [6, 6.07) is 7.88. The molecule has 5 rings (SSSR count). The number of hydrogen-bond donors (Lipinski definition) is 2. The Hall–Kier alpha value is -2.59. The minimum Gasteiger partial charge on any atom is -0.487 e. The summed E-state index contributed by atoms with van der Waals surface area (Å²) in [5.41, 5.74) is 0.776. The number of hydrogen-bond acceptors (Lipinski definition) is 6. The van der Waals surface area contributed by atoms with Crippen LogP contribution in [0.5, 0.6) is 5.75 Å². The Balaban J connectivity index is 1.25. The first-order valence-electron chi connectivity index (χ1n) is 14.4. The van der Waals surface area contributed by atoms with E-state index in [1.165, 1.54) is 4.90 Å². The summed E-state index contributed by atoms with van der Waals surface area (Å²) in [5, 5.41) is 13.9. The first-order valence-corrected chi connectivity index (χ1v) is 15.1. The van der Waals surface area contributed by atoms with E-state index >= 15 is 0 Å².